The number of amidine groups is 1. The van der Waals surface area contributed by atoms with Crippen LogP contribution < -0.4 is 28.3 Å². The molecular weight excluding hydrogens is 937 g/mol. The summed E-state index contributed by atoms with van der Waals surface area (Å²) < 4.78 is 3.13. The molecule has 14 nitrogen and oxygen atoms in total. The average Bonchev–Trinajstić information content (AvgIpc) is 4.01. The number of imidazole rings is 1. The van der Waals surface area contributed by atoms with Crippen LogP contribution in [-0.4, -0.2) is 46.5 Å². The zero-order valence-electron chi connectivity index (χ0n) is 42.2. The SMILES string of the molecule is CC(=O)Cn1c(-c2ccccc2)cnc(CCCc2ccccc2)c1=O.NCc1ccc2c(c1)N=C(N)C2.Nc1nc2ccc(CCC(=O)Cn3c(-c4ccccc4)cnc(CCCc4ccccc4)c3=O)cc2[nH]1. The van der Waals surface area contributed by atoms with Crippen molar-refractivity contribution in [3.8, 4) is 22.5 Å². The molecule has 75 heavy (non-hydrogen) atoms. The molecule has 1 aliphatic rings. The second kappa shape index (κ2) is 25.7. The van der Waals surface area contributed by atoms with E-state index in [0.29, 0.717) is 66.8 Å². The maximum atomic E-state index is 13.5. The predicted molar refractivity (Wildman–Crippen MR) is 299 cm³/mol. The number of carbonyl (C=O) groups is 2. The van der Waals surface area contributed by atoms with E-state index < -0.39 is 0 Å². The van der Waals surface area contributed by atoms with E-state index in [9.17, 15) is 19.2 Å². The Bertz CT molecular complexity index is 3520. The number of anilines is 1. The number of benzene rings is 6. The Morgan fingerprint density at radius 2 is 1.11 bits per heavy atom. The topological polar surface area (TPSA) is 223 Å². The maximum absolute atomic E-state index is 13.5. The summed E-state index contributed by atoms with van der Waals surface area (Å²) in [4.78, 5) is 71.5. The molecule has 0 saturated heterocycles. The number of fused-ring (bicyclic) bond motifs is 2. The van der Waals surface area contributed by atoms with Crippen LogP contribution >= 0.6 is 0 Å². The summed E-state index contributed by atoms with van der Waals surface area (Å²) in [5, 5.41) is 0. The number of rotatable bonds is 18. The highest BCUT2D eigenvalue weighted by molar-refractivity contribution is 5.91. The molecule has 0 radical (unpaired) electrons. The fourth-order valence-corrected chi connectivity index (χ4v) is 8.98. The molecule has 14 heteroatoms. The molecule has 0 amide bonds. The predicted octanol–water partition coefficient (Wildman–Crippen LogP) is 9.11. The van der Waals surface area contributed by atoms with E-state index in [1.165, 1.54) is 23.6 Å². The van der Waals surface area contributed by atoms with Gasteiger partial charge in [0.05, 0.1) is 53.6 Å². The van der Waals surface area contributed by atoms with E-state index in [1.807, 2.05) is 133 Å². The Morgan fingerprint density at radius 3 is 1.64 bits per heavy atom. The first-order valence-corrected chi connectivity index (χ1v) is 25.3. The average molecular weight is 999 g/mol. The molecule has 0 bridgehead atoms. The number of carbonyl (C=O) groups excluding carboxylic acids is 2. The van der Waals surface area contributed by atoms with Gasteiger partial charge in [-0.25, -0.2) is 9.98 Å². The lowest BCUT2D eigenvalue weighted by atomic mass is 10.1. The fraction of sp³-hybridized carbons (Fsp3) is 0.213. The van der Waals surface area contributed by atoms with Crippen molar-refractivity contribution in [2.24, 2.45) is 16.5 Å². The van der Waals surface area contributed by atoms with Gasteiger partial charge in [-0.3, -0.25) is 38.3 Å². The Morgan fingerprint density at radius 1 is 0.587 bits per heavy atom. The van der Waals surface area contributed by atoms with Crippen LogP contribution in [0, 0.1) is 0 Å². The van der Waals surface area contributed by atoms with Gasteiger partial charge in [0.1, 0.15) is 23.0 Å². The lowest BCUT2D eigenvalue weighted by Gasteiger charge is -2.14. The van der Waals surface area contributed by atoms with Gasteiger partial charge in [-0.1, -0.05) is 140 Å². The Balaban J connectivity index is 0.000000169. The van der Waals surface area contributed by atoms with Crippen LogP contribution in [0.5, 0.6) is 0 Å². The lowest BCUT2D eigenvalue weighted by molar-refractivity contribution is -0.119. The number of hydrogen-bond acceptors (Lipinski definition) is 11. The first kappa shape index (κ1) is 52.4. The van der Waals surface area contributed by atoms with Gasteiger partial charge >= 0.3 is 0 Å². The fourth-order valence-electron chi connectivity index (χ4n) is 8.98. The molecule has 4 heterocycles. The minimum absolute atomic E-state index is 0.00932. The van der Waals surface area contributed by atoms with E-state index in [0.717, 1.165) is 71.1 Å². The summed E-state index contributed by atoms with van der Waals surface area (Å²) in [6.07, 6.45) is 9.67. The van der Waals surface area contributed by atoms with E-state index >= 15 is 0 Å². The van der Waals surface area contributed by atoms with E-state index in [2.05, 4.69) is 49.2 Å². The maximum Gasteiger partial charge on any atom is 0.273 e. The summed E-state index contributed by atoms with van der Waals surface area (Å²) in [6, 6.07) is 51.4. The van der Waals surface area contributed by atoms with Crippen LogP contribution in [0.15, 0.2) is 185 Å². The zero-order chi connectivity index (χ0) is 52.5. The number of aromatic amines is 1. The van der Waals surface area contributed by atoms with Crippen LogP contribution in [0.2, 0.25) is 0 Å². The third kappa shape index (κ3) is 14.4. The van der Waals surface area contributed by atoms with Crippen molar-refractivity contribution in [2.75, 3.05) is 5.73 Å². The van der Waals surface area contributed by atoms with Crippen molar-refractivity contribution in [1.29, 1.82) is 0 Å². The Kier molecular flexibility index (Phi) is 18.0. The first-order valence-electron chi connectivity index (χ1n) is 25.3. The van der Waals surface area contributed by atoms with Gasteiger partial charge in [0.25, 0.3) is 11.1 Å². The molecule has 0 spiro atoms. The third-order valence-electron chi connectivity index (χ3n) is 12.8. The highest BCUT2D eigenvalue weighted by Gasteiger charge is 2.17. The zero-order valence-corrected chi connectivity index (χ0v) is 42.2. The number of ketones is 2. The second-order valence-electron chi connectivity index (χ2n) is 18.5. The number of nitrogens with zero attached hydrogens (tertiary/aromatic N) is 6. The molecule has 9 aromatic rings. The molecule has 0 unspecified atom stereocenters. The minimum Gasteiger partial charge on any atom is -0.387 e. The van der Waals surface area contributed by atoms with Gasteiger partial charge in [-0.15, -0.1) is 0 Å². The third-order valence-corrected chi connectivity index (χ3v) is 12.8. The molecule has 0 aliphatic carbocycles. The van der Waals surface area contributed by atoms with E-state index in [4.69, 9.17) is 17.2 Å². The van der Waals surface area contributed by atoms with Crippen LogP contribution in [0.3, 0.4) is 0 Å². The van der Waals surface area contributed by atoms with Gasteiger partial charge in [0.15, 0.2) is 11.7 Å². The van der Waals surface area contributed by atoms with Gasteiger partial charge < -0.3 is 22.2 Å². The first-order chi connectivity index (χ1) is 36.5. The molecule has 0 saturated carbocycles. The molecule has 6 aromatic carbocycles. The van der Waals surface area contributed by atoms with Crippen LogP contribution in [0.25, 0.3) is 33.5 Å². The van der Waals surface area contributed by atoms with Gasteiger partial charge in [-0.2, -0.15) is 0 Å². The molecule has 0 fully saturated rings. The summed E-state index contributed by atoms with van der Waals surface area (Å²) in [6.45, 7) is 2.13. The summed E-state index contributed by atoms with van der Waals surface area (Å²) in [5.74, 6) is 1.00. The van der Waals surface area contributed by atoms with Gasteiger partial charge in [0, 0.05) is 19.4 Å². The lowest BCUT2D eigenvalue weighted by Crippen LogP contribution is -2.29. The highest BCUT2D eigenvalue weighted by atomic mass is 16.1. The van der Waals surface area contributed by atoms with E-state index in [-0.39, 0.29) is 35.8 Å². The van der Waals surface area contributed by atoms with Gasteiger partial charge in [-0.05, 0) is 109 Å². The Labute approximate surface area is 436 Å². The van der Waals surface area contributed by atoms with Crippen molar-refractivity contribution in [3.63, 3.8) is 0 Å². The molecule has 3 aromatic heterocycles. The molecular formula is C61H62N10O4. The van der Waals surface area contributed by atoms with Crippen LogP contribution in [0.1, 0.15) is 65.4 Å². The number of hydrogen-bond donors (Lipinski definition) is 4. The number of nitrogens with two attached hydrogens (primary N) is 3. The summed E-state index contributed by atoms with van der Waals surface area (Å²) in [7, 11) is 0. The van der Waals surface area contributed by atoms with Crippen molar-refractivity contribution >= 4 is 40.1 Å². The van der Waals surface area contributed by atoms with Crippen LogP contribution in [0.4, 0.5) is 11.6 Å². The monoisotopic (exact) mass is 998 g/mol. The number of aromatic nitrogens is 6. The smallest absolute Gasteiger partial charge is 0.273 e. The number of nitrogen functional groups attached to an aromatic ring is 1. The quantitative estimate of drug-likeness (QED) is 0.0638. The molecule has 380 valence electrons. The molecule has 1 aliphatic heterocycles. The van der Waals surface area contributed by atoms with Crippen molar-refractivity contribution < 1.29 is 9.59 Å². The van der Waals surface area contributed by atoms with Gasteiger partial charge in [0.2, 0.25) is 0 Å². The van der Waals surface area contributed by atoms with E-state index in [1.54, 1.807) is 21.5 Å². The number of aliphatic imine (C=N–C) groups is 1. The molecule has 7 N–H and O–H groups in total. The normalized spacial score (nSPS) is 11.5. The standard InChI is InChI=1S/C30H29N5O2.C22H22N2O2.C9H11N3/c31-30-33-25-17-15-22(18-27(25)34-30)14-16-24(36)20-35-28(23-11-5-2-6-12-23)19-32-26(29(35)37)13-7-10-21-8-3-1-4-9-21;1-17(25)16-24-21(19-12-6-3-7-13-19)15-23-20(22(24)26)14-8-11-18-9-4-2-5-10-18;10-5-6-1-2-7-4-9(11)12-8(7)3-6/h1-6,8-9,11-12,15,17-19H,7,10,13-14,16,20H2,(H3,31,33,34);2-7,9-10,12-13,15H,8,11,14,16H2,1H3;1-3H,4-5,10H2,(H2,11,12). The summed E-state index contributed by atoms with van der Waals surface area (Å²) >= 11 is 0. The Hall–Kier alpha value is -8.88. The van der Waals surface area contributed by atoms with Crippen LogP contribution in [-0.2, 0) is 67.7 Å². The second-order valence-corrected chi connectivity index (χ2v) is 18.5. The molecule has 10 rings (SSSR count). The largest absolute Gasteiger partial charge is 0.387 e. The number of nitrogens with one attached hydrogen (secondary N) is 1. The number of aryl methyl sites for hydroxylation is 5. The van der Waals surface area contributed by atoms with Crippen molar-refractivity contribution in [2.45, 2.75) is 84.3 Å². The highest BCUT2D eigenvalue weighted by Crippen LogP contribution is 2.26. The number of H-pyrrole nitrogens is 1. The van der Waals surface area contributed by atoms with Crippen molar-refractivity contribution in [1.82, 2.24) is 29.1 Å². The number of Topliss-reactive ketones (excluding diaryl/α,β-unsaturated/α-hetero) is 2. The minimum atomic E-state index is -0.197. The molecule has 0 atom stereocenters. The van der Waals surface area contributed by atoms with Crippen molar-refractivity contribution in [3.05, 3.63) is 230 Å². The summed E-state index contributed by atoms with van der Waals surface area (Å²) in [5.41, 5.74) is 29.0.